The van der Waals surface area contributed by atoms with Crippen LogP contribution in [0.2, 0.25) is 0 Å². The van der Waals surface area contributed by atoms with Gasteiger partial charge in [0.25, 0.3) is 5.91 Å². The zero-order valence-corrected chi connectivity index (χ0v) is 14.6. The monoisotopic (exact) mass is 455 g/mol. The first-order chi connectivity index (χ1) is 14.5. The molecule has 0 bridgehead atoms. The van der Waals surface area contributed by atoms with Crippen LogP contribution in [0.15, 0.2) is 22.6 Å². The minimum atomic E-state index is -2.43. The summed E-state index contributed by atoms with van der Waals surface area (Å²) in [6, 6.07) is 1.78. The molecular formula is C18H6F9NO3. The maximum Gasteiger partial charge on any atom is 0.291 e. The third kappa shape index (κ3) is 4.02. The van der Waals surface area contributed by atoms with Crippen LogP contribution in [0.1, 0.15) is 16.3 Å². The van der Waals surface area contributed by atoms with E-state index in [1.54, 1.807) is 0 Å². The van der Waals surface area contributed by atoms with Crippen LogP contribution < -0.4 is 10.1 Å². The van der Waals surface area contributed by atoms with E-state index in [2.05, 4.69) is 4.74 Å². The number of benzene rings is 2. The number of hydrogen-bond donors (Lipinski definition) is 1. The molecule has 3 aromatic rings. The second-order valence-electron chi connectivity index (χ2n) is 5.75. The number of ether oxygens (including phenoxy) is 1. The predicted molar refractivity (Wildman–Crippen MR) is 83.5 cm³/mol. The largest absolute Gasteiger partial charge is 0.479 e. The van der Waals surface area contributed by atoms with E-state index >= 15 is 0 Å². The van der Waals surface area contributed by atoms with Crippen LogP contribution in [0.3, 0.4) is 0 Å². The fourth-order valence-corrected chi connectivity index (χ4v) is 2.29. The Labute approximate surface area is 165 Å². The molecule has 0 spiro atoms. The van der Waals surface area contributed by atoms with Crippen molar-refractivity contribution >= 4 is 11.6 Å². The number of amides is 1. The van der Waals surface area contributed by atoms with Gasteiger partial charge in [-0.3, -0.25) is 4.79 Å². The second kappa shape index (κ2) is 8.24. The first kappa shape index (κ1) is 22.1. The first-order valence-electron chi connectivity index (χ1n) is 7.90. The summed E-state index contributed by atoms with van der Waals surface area (Å²) >= 11 is 0. The average molecular weight is 455 g/mol. The van der Waals surface area contributed by atoms with Gasteiger partial charge in [-0.1, -0.05) is 0 Å². The Kier molecular flexibility index (Phi) is 5.86. The van der Waals surface area contributed by atoms with Gasteiger partial charge in [-0.25, -0.2) is 30.7 Å². The lowest BCUT2D eigenvalue weighted by Crippen LogP contribution is -2.16. The van der Waals surface area contributed by atoms with E-state index in [0.717, 1.165) is 12.1 Å². The van der Waals surface area contributed by atoms with Crippen LogP contribution >= 0.6 is 0 Å². The molecule has 1 aromatic heterocycles. The summed E-state index contributed by atoms with van der Waals surface area (Å²) in [7, 11) is 0. The normalized spacial score (nSPS) is 11.0. The summed E-state index contributed by atoms with van der Waals surface area (Å²) in [5.41, 5.74) is -1.64. The van der Waals surface area contributed by atoms with Gasteiger partial charge in [0.05, 0.1) is 0 Å². The zero-order valence-electron chi connectivity index (χ0n) is 14.6. The van der Waals surface area contributed by atoms with E-state index in [1.807, 2.05) is 0 Å². The molecule has 0 radical (unpaired) electrons. The smallest absolute Gasteiger partial charge is 0.291 e. The van der Waals surface area contributed by atoms with Gasteiger partial charge in [0.2, 0.25) is 17.5 Å². The molecule has 0 saturated heterocycles. The Bertz CT molecular complexity index is 1140. The van der Waals surface area contributed by atoms with Crippen molar-refractivity contribution in [3.8, 4) is 5.75 Å². The number of furan rings is 1. The molecule has 0 aliphatic rings. The van der Waals surface area contributed by atoms with Crippen LogP contribution in [-0.2, 0) is 6.61 Å². The summed E-state index contributed by atoms with van der Waals surface area (Å²) in [6.07, 6.45) is 0. The van der Waals surface area contributed by atoms with Gasteiger partial charge in [0.15, 0.2) is 46.4 Å². The lowest BCUT2D eigenvalue weighted by Gasteiger charge is -2.09. The van der Waals surface area contributed by atoms with E-state index in [0.29, 0.717) is 0 Å². The van der Waals surface area contributed by atoms with Crippen molar-refractivity contribution in [3.63, 3.8) is 0 Å². The SMILES string of the molecule is O=C(Nc1c(F)c(F)c(F)c(F)c1F)c1ccc(COc2c(F)c(F)cc(F)c2F)o1. The maximum absolute atomic E-state index is 13.6. The standard InChI is InChI=1S/C18H6F9NO3/c19-6-3-7(20)10(22)17(9(6)21)30-4-5-1-2-8(31-5)18(29)28-16-14(26)12(24)11(23)13(25)15(16)27/h1-3H,4H2,(H,28,29). The molecule has 0 aliphatic heterocycles. The minimum absolute atomic E-state index is 0.0494. The van der Waals surface area contributed by atoms with Crippen molar-refractivity contribution in [2.24, 2.45) is 0 Å². The van der Waals surface area contributed by atoms with Gasteiger partial charge in [-0.15, -0.1) is 0 Å². The molecule has 0 aliphatic carbocycles. The number of anilines is 1. The molecule has 0 unspecified atom stereocenters. The van der Waals surface area contributed by atoms with E-state index in [9.17, 15) is 44.3 Å². The molecule has 31 heavy (non-hydrogen) atoms. The van der Waals surface area contributed by atoms with Crippen molar-refractivity contribution in [2.75, 3.05) is 5.32 Å². The van der Waals surface area contributed by atoms with E-state index < -0.39 is 82.1 Å². The Morgan fingerprint density at radius 2 is 1.29 bits per heavy atom. The number of rotatable bonds is 5. The second-order valence-corrected chi connectivity index (χ2v) is 5.75. The lowest BCUT2D eigenvalue weighted by molar-refractivity contribution is 0.0991. The lowest BCUT2D eigenvalue weighted by atomic mass is 10.2. The molecule has 0 saturated carbocycles. The third-order valence-electron chi connectivity index (χ3n) is 3.76. The van der Waals surface area contributed by atoms with Gasteiger partial charge in [-0.05, 0) is 12.1 Å². The summed E-state index contributed by atoms with van der Waals surface area (Å²) in [5, 5.41) is 1.43. The number of carbonyl (C=O) groups is 1. The Morgan fingerprint density at radius 3 is 1.84 bits per heavy atom. The topological polar surface area (TPSA) is 51.5 Å². The highest BCUT2D eigenvalue weighted by Crippen LogP contribution is 2.29. The van der Waals surface area contributed by atoms with Gasteiger partial charge >= 0.3 is 0 Å². The fourth-order valence-electron chi connectivity index (χ4n) is 2.29. The van der Waals surface area contributed by atoms with Gasteiger partial charge in [-0.2, -0.15) is 8.78 Å². The van der Waals surface area contributed by atoms with Crippen LogP contribution in [0.4, 0.5) is 45.2 Å². The molecule has 1 amide bonds. The Balaban J connectivity index is 1.78. The summed E-state index contributed by atoms with van der Waals surface area (Å²) in [6.45, 7) is -0.855. The summed E-state index contributed by atoms with van der Waals surface area (Å²) in [5.74, 6) is -22.7. The number of nitrogens with one attached hydrogen (secondary N) is 1. The third-order valence-corrected chi connectivity index (χ3v) is 3.76. The number of halogens is 9. The number of hydrogen-bond acceptors (Lipinski definition) is 3. The van der Waals surface area contributed by atoms with Crippen molar-refractivity contribution in [3.05, 3.63) is 82.1 Å². The first-order valence-corrected chi connectivity index (χ1v) is 7.90. The maximum atomic E-state index is 13.6. The zero-order chi connectivity index (χ0) is 23.0. The molecule has 2 aromatic carbocycles. The van der Waals surface area contributed by atoms with Crippen molar-refractivity contribution in [1.82, 2.24) is 0 Å². The average Bonchev–Trinajstić information content (AvgIpc) is 3.21. The van der Waals surface area contributed by atoms with Gasteiger partial charge < -0.3 is 14.5 Å². The molecule has 13 heteroatoms. The molecule has 164 valence electrons. The molecule has 1 N–H and O–H groups in total. The van der Waals surface area contributed by atoms with E-state index in [-0.39, 0.29) is 11.8 Å². The number of carbonyl (C=O) groups excluding carboxylic acids is 1. The molecule has 4 nitrogen and oxygen atoms in total. The predicted octanol–water partition coefficient (Wildman–Crippen LogP) is 5.36. The quantitative estimate of drug-likeness (QED) is 0.320. The van der Waals surface area contributed by atoms with Gasteiger partial charge in [0, 0.05) is 6.07 Å². The van der Waals surface area contributed by atoms with E-state index in [4.69, 9.17) is 4.42 Å². The highest BCUT2D eigenvalue weighted by Gasteiger charge is 2.28. The highest BCUT2D eigenvalue weighted by atomic mass is 19.2. The molecule has 0 atom stereocenters. The van der Waals surface area contributed by atoms with Crippen molar-refractivity contribution in [1.29, 1.82) is 0 Å². The van der Waals surface area contributed by atoms with E-state index in [1.165, 1.54) is 5.32 Å². The summed E-state index contributed by atoms with van der Waals surface area (Å²) < 4.78 is 129. The fraction of sp³-hybridized carbons (Fsp3) is 0.0556. The molecule has 1 heterocycles. The Morgan fingerprint density at radius 1 is 0.774 bits per heavy atom. The van der Waals surface area contributed by atoms with Crippen LogP contribution in [-0.4, -0.2) is 5.91 Å². The summed E-state index contributed by atoms with van der Waals surface area (Å²) in [4.78, 5) is 12.0. The van der Waals surface area contributed by atoms with Crippen LogP contribution in [0.5, 0.6) is 5.75 Å². The minimum Gasteiger partial charge on any atom is -0.479 e. The molecule has 0 fully saturated rings. The molecular weight excluding hydrogens is 449 g/mol. The molecule has 3 rings (SSSR count). The highest BCUT2D eigenvalue weighted by molar-refractivity contribution is 6.02. The van der Waals surface area contributed by atoms with Gasteiger partial charge in [0.1, 0.15) is 18.1 Å². The Hall–Kier alpha value is -3.64. The van der Waals surface area contributed by atoms with Crippen molar-refractivity contribution in [2.45, 2.75) is 6.61 Å². The van der Waals surface area contributed by atoms with Crippen LogP contribution in [0.25, 0.3) is 0 Å². The van der Waals surface area contributed by atoms with Crippen LogP contribution in [0, 0.1) is 52.4 Å². The van der Waals surface area contributed by atoms with Crippen molar-refractivity contribution < 1.29 is 53.5 Å².